The lowest BCUT2D eigenvalue weighted by molar-refractivity contribution is -0.128. The van der Waals surface area contributed by atoms with Crippen molar-refractivity contribution in [2.45, 2.75) is 38.5 Å². The lowest BCUT2D eigenvalue weighted by atomic mass is 9.87. The van der Waals surface area contributed by atoms with Crippen LogP contribution in [0.3, 0.4) is 0 Å². The quantitative estimate of drug-likeness (QED) is 0.631. The van der Waals surface area contributed by atoms with Gasteiger partial charge in [-0.25, -0.2) is 8.78 Å². The van der Waals surface area contributed by atoms with Gasteiger partial charge in [0.15, 0.2) is 12.6 Å². The van der Waals surface area contributed by atoms with Crippen molar-refractivity contribution in [1.82, 2.24) is 4.90 Å². The van der Waals surface area contributed by atoms with E-state index in [2.05, 4.69) is 4.99 Å². The van der Waals surface area contributed by atoms with Gasteiger partial charge in [0.1, 0.15) is 17.4 Å². The molecule has 138 valence electrons. The first-order valence-electron chi connectivity index (χ1n) is 8.61. The summed E-state index contributed by atoms with van der Waals surface area (Å²) < 4.78 is 31.3. The van der Waals surface area contributed by atoms with Crippen molar-refractivity contribution in [3.63, 3.8) is 0 Å². The van der Waals surface area contributed by atoms with Crippen molar-refractivity contribution in [1.29, 1.82) is 0 Å². The zero-order chi connectivity index (χ0) is 18.2. The molecule has 2 rings (SSSR count). The zero-order valence-corrected chi connectivity index (χ0v) is 14.5. The molecular formula is C18H25F2N3O2. The molecule has 1 amide bonds. The van der Waals surface area contributed by atoms with E-state index in [1.54, 1.807) is 0 Å². The van der Waals surface area contributed by atoms with Gasteiger partial charge in [-0.3, -0.25) is 14.7 Å². The van der Waals surface area contributed by atoms with Crippen LogP contribution in [0.25, 0.3) is 0 Å². The number of nitrogens with two attached hydrogens (primary N) is 1. The van der Waals surface area contributed by atoms with Gasteiger partial charge < -0.3 is 10.5 Å². The van der Waals surface area contributed by atoms with E-state index in [1.807, 2.05) is 0 Å². The summed E-state index contributed by atoms with van der Waals surface area (Å²) in [4.78, 5) is 17.5. The maximum atomic E-state index is 13.1. The summed E-state index contributed by atoms with van der Waals surface area (Å²) >= 11 is 0. The Kier molecular flexibility index (Phi) is 7.16. The van der Waals surface area contributed by atoms with Gasteiger partial charge in [-0.2, -0.15) is 0 Å². The van der Waals surface area contributed by atoms with Crippen LogP contribution in [0.2, 0.25) is 0 Å². The Labute approximate surface area is 146 Å². The topological polar surface area (TPSA) is 67.9 Å². The number of amides is 1. The molecule has 0 atom stereocenters. The molecule has 1 saturated carbocycles. The first-order chi connectivity index (χ1) is 12.0. The van der Waals surface area contributed by atoms with Crippen LogP contribution in [0.1, 0.15) is 38.5 Å². The first-order valence-corrected chi connectivity index (χ1v) is 8.61. The Morgan fingerprint density at radius 2 is 1.88 bits per heavy atom. The molecule has 7 heteroatoms. The summed E-state index contributed by atoms with van der Waals surface area (Å²) in [5.74, 6) is -1.21. The molecule has 1 fully saturated rings. The number of rotatable bonds is 6. The van der Waals surface area contributed by atoms with E-state index < -0.39 is 17.5 Å². The third-order valence-corrected chi connectivity index (χ3v) is 4.45. The largest absolute Gasteiger partial charge is 0.484 e. The smallest absolute Gasteiger partial charge is 0.266 e. The number of hydrogen-bond donors (Lipinski definition) is 1. The number of carbonyl (C=O) groups is 1. The fraction of sp³-hybridized carbons (Fsp3) is 0.556. The van der Waals surface area contributed by atoms with Gasteiger partial charge in [-0.15, -0.1) is 0 Å². The number of benzene rings is 1. The predicted octanol–water partition coefficient (Wildman–Crippen LogP) is 3.09. The van der Waals surface area contributed by atoms with Gasteiger partial charge in [0, 0.05) is 31.8 Å². The minimum Gasteiger partial charge on any atom is -0.484 e. The fourth-order valence-electron chi connectivity index (χ4n) is 2.93. The summed E-state index contributed by atoms with van der Waals surface area (Å²) in [5.41, 5.74) is 5.83. The molecule has 1 aliphatic carbocycles. The van der Waals surface area contributed by atoms with Gasteiger partial charge >= 0.3 is 0 Å². The predicted molar refractivity (Wildman–Crippen MR) is 92.3 cm³/mol. The van der Waals surface area contributed by atoms with Crippen molar-refractivity contribution in [3.8, 4) is 5.75 Å². The lowest BCUT2D eigenvalue weighted by Gasteiger charge is -2.21. The van der Waals surface area contributed by atoms with Crippen LogP contribution in [0.15, 0.2) is 23.2 Å². The number of likely N-dealkylation sites (N-methyl/N-ethyl adjacent to an activating group) is 1. The monoisotopic (exact) mass is 353 g/mol. The molecule has 0 spiro atoms. The molecule has 0 bridgehead atoms. The van der Waals surface area contributed by atoms with Crippen LogP contribution in [-0.2, 0) is 4.79 Å². The Morgan fingerprint density at radius 3 is 2.52 bits per heavy atom. The number of halogens is 2. The third-order valence-electron chi connectivity index (χ3n) is 4.45. The van der Waals surface area contributed by atoms with Gasteiger partial charge in [-0.05, 0) is 12.3 Å². The number of nitrogens with zero attached hydrogens (tertiary/aromatic N) is 2. The average Bonchev–Trinajstić information content (AvgIpc) is 2.59. The molecule has 0 radical (unpaired) electrons. The molecule has 1 aromatic rings. The minimum absolute atomic E-state index is 0.0490. The van der Waals surface area contributed by atoms with Crippen molar-refractivity contribution in [2.24, 2.45) is 16.6 Å². The molecule has 5 nitrogen and oxygen atoms in total. The van der Waals surface area contributed by atoms with E-state index in [0.717, 1.165) is 24.6 Å². The van der Waals surface area contributed by atoms with E-state index in [9.17, 15) is 13.6 Å². The Bertz CT molecular complexity index is 596. The number of carbonyl (C=O) groups excluding carboxylic acids is 1. The lowest BCUT2D eigenvalue weighted by Crippen LogP contribution is -2.41. The van der Waals surface area contributed by atoms with Crippen molar-refractivity contribution < 1.29 is 18.3 Å². The Morgan fingerprint density at radius 1 is 1.24 bits per heavy atom. The summed E-state index contributed by atoms with van der Waals surface area (Å²) in [6, 6.07) is 2.76. The minimum atomic E-state index is -0.764. The highest BCUT2D eigenvalue weighted by atomic mass is 19.1. The van der Waals surface area contributed by atoms with Gasteiger partial charge in [0.25, 0.3) is 5.91 Å². The maximum absolute atomic E-state index is 13.1. The standard InChI is InChI=1S/C18H25F2N3O2/c1-23(18(21)22-8-7-13-5-3-2-4-6-13)17(24)12-25-16-10-14(19)9-15(20)11-16/h9-11,13H,2-8,12H2,1H3,(H2,21,22). The molecule has 25 heavy (non-hydrogen) atoms. The highest BCUT2D eigenvalue weighted by Gasteiger charge is 2.15. The van der Waals surface area contributed by atoms with Gasteiger partial charge in [0.2, 0.25) is 0 Å². The zero-order valence-electron chi connectivity index (χ0n) is 14.5. The molecule has 0 aliphatic heterocycles. The molecule has 0 heterocycles. The van der Waals surface area contributed by atoms with Crippen molar-refractivity contribution in [3.05, 3.63) is 29.8 Å². The Hall–Kier alpha value is -2.18. The van der Waals surface area contributed by atoms with Crippen LogP contribution < -0.4 is 10.5 Å². The van der Waals surface area contributed by atoms with Crippen LogP contribution >= 0.6 is 0 Å². The van der Waals surface area contributed by atoms with E-state index in [0.29, 0.717) is 12.5 Å². The molecule has 0 unspecified atom stereocenters. The second-order valence-electron chi connectivity index (χ2n) is 6.38. The molecule has 0 aromatic heterocycles. The van der Waals surface area contributed by atoms with Gasteiger partial charge in [0.05, 0.1) is 0 Å². The molecule has 1 aromatic carbocycles. The van der Waals surface area contributed by atoms with Crippen LogP contribution in [-0.4, -0.2) is 37.0 Å². The highest BCUT2D eigenvalue weighted by Crippen LogP contribution is 2.26. The van der Waals surface area contributed by atoms with Crippen LogP contribution in [0.4, 0.5) is 8.78 Å². The van der Waals surface area contributed by atoms with E-state index in [-0.39, 0.29) is 18.3 Å². The van der Waals surface area contributed by atoms with Gasteiger partial charge in [-0.1, -0.05) is 32.1 Å². The third kappa shape index (κ3) is 6.32. The molecular weight excluding hydrogens is 328 g/mol. The summed E-state index contributed by atoms with van der Waals surface area (Å²) in [7, 11) is 1.50. The molecule has 1 aliphatic rings. The Balaban J connectivity index is 1.78. The van der Waals surface area contributed by atoms with Crippen LogP contribution in [0, 0.1) is 17.6 Å². The van der Waals surface area contributed by atoms with E-state index >= 15 is 0 Å². The highest BCUT2D eigenvalue weighted by molar-refractivity contribution is 5.96. The molecule has 0 saturated heterocycles. The number of hydrogen-bond acceptors (Lipinski definition) is 3. The second kappa shape index (κ2) is 9.34. The summed E-state index contributed by atoms with van der Waals surface area (Å²) in [6.07, 6.45) is 7.32. The summed E-state index contributed by atoms with van der Waals surface area (Å²) in [5, 5.41) is 0. The average molecular weight is 353 g/mol. The summed E-state index contributed by atoms with van der Waals surface area (Å²) in [6.45, 7) is 0.211. The van der Waals surface area contributed by atoms with Crippen molar-refractivity contribution >= 4 is 11.9 Å². The number of guanidine groups is 1. The van der Waals surface area contributed by atoms with Crippen molar-refractivity contribution in [2.75, 3.05) is 20.2 Å². The van der Waals surface area contributed by atoms with E-state index in [1.165, 1.54) is 44.1 Å². The SMILES string of the molecule is CN(C(=O)COc1cc(F)cc(F)c1)C(N)=NCCC1CCCCC1. The van der Waals surface area contributed by atoms with Crippen LogP contribution in [0.5, 0.6) is 5.75 Å². The number of aliphatic imine (C=N–C) groups is 1. The second-order valence-corrected chi connectivity index (χ2v) is 6.38. The normalized spacial score (nSPS) is 15.9. The van der Waals surface area contributed by atoms with E-state index in [4.69, 9.17) is 10.5 Å². The first kappa shape index (κ1) is 19.1. The fourth-order valence-corrected chi connectivity index (χ4v) is 2.93. The molecule has 2 N–H and O–H groups in total. The number of ether oxygens (including phenoxy) is 1. The maximum Gasteiger partial charge on any atom is 0.266 e.